The molecule has 0 bridgehead atoms. The Bertz CT molecular complexity index is 1500. The first-order chi connectivity index (χ1) is 17.4. The molecule has 0 unspecified atom stereocenters. The van der Waals surface area contributed by atoms with Crippen LogP contribution < -0.4 is 14.9 Å². The summed E-state index contributed by atoms with van der Waals surface area (Å²) in [6, 6.07) is 11.8. The first-order valence-electron chi connectivity index (χ1n) is 12.8. The van der Waals surface area contributed by atoms with Gasteiger partial charge in [-0.3, -0.25) is 9.36 Å². The van der Waals surface area contributed by atoms with Gasteiger partial charge in [-0.05, 0) is 56.4 Å². The van der Waals surface area contributed by atoms with Crippen molar-refractivity contribution in [2.75, 3.05) is 7.11 Å². The molecule has 3 heterocycles. The SMILES string of the molecule is CCC1=C(C(=O)OC)[C@H](c2ccccc2)n2c(s/c(=C\c3cc(C)n(C4CCCCC4)c3C)c2=O)=N1. The molecule has 7 heteroatoms. The number of hydrogen-bond acceptors (Lipinski definition) is 5. The fraction of sp³-hybridized carbons (Fsp3) is 0.414. The number of nitrogens with zero attached hydrogens (tertiary/aromatic N) is 3. The smallest absolute Gasteiger partial charge is 0.338 e. The summed E-state index contributed by atoms with van der Waals surface area (Å²) in [6.45, 7) is 6.28. The summed E-state index contributed by atoms with van der Waals surface area (Å²) in [5.74, 6) is -0.449. The van der Waals surface area contributed by atoms with Crippen LogP contribution in [0.4, 0.5) is 0 Å². The number of carbonyl (C=O) groups is 1. The summed E-state index contributed by atoms with van der Waals surface area (Å²) >= 11 is 1.39. The van der Waals surface area contributed by atoms with Gasteiger partial charge in [-0.15, -0.1) is 0 Å². The fourth-order valence-electron chi connectivity index (χ4n) is 5.81. The molecule has 0 radical (unpaired) electrons. The summed E-state index contributed by atoms with van der Waals surface area (Å²) in [4.78, 5) is 32.2. The Balaban J connectivity index is 1.68. The first-order valence-corrected chi connectivity index (χ1v) is 13.6. The molecule has 0 spiro atoms. The number of aromatic nitrogens is 2. The van der Waals surface area contributed by atoms with Gasteiger partial charge in [0.15, 0.2) is 4.80 Å². The zero-order valence-corrected chi connectivity index (χ0v) is 22.2. The highest BCUT2D eigenvalue weighted by Crippen LogP contribution is 2.33. The lowest BCUT2D eigenvalue weighted by molar-refractivity contribution is -0.136. The number of fused-ring (bicyclic) bond motifs is 1. The van der Waals surface area contributed by atoms with E-state index in [-0.39, 0.29) is 5.56 Å². The zero-order chi connectivity index (χ0) is 25.4. The molecule has 36 heavy (non-hydrogen) atoms. The van der Waals surface area contributed by atoms with Crippen molar-refractivity contribution in [3.63, 3.8) is 0 Å². The molecule has 188 valence electrons. The minimum atomic E-state index is -0.568. The van der Waals surface area contributed by atoms with E-state index in [4.69, 9.17) is 9.73 Å². The van der Waals surface area contributed by atoms with Crippen molar-refractivity contribution in [3.05, 3.63) is 89.9 Å². The summed E-state index contributed by atoms with van der Waals surface area (Å²) in [5, 5.41) is 0. The van der Waals surface area contributed by atoms with Crippen LogP contribution in [0.25, 0.3) is 6.08 Å². The van der Waals surface area contributed by atoms with Gasteiger partial charge in [0.25, 0.3) is 5.56 Å². The summed E-state index contributed by atoms with van der Waals surface area (Å²) < 4.78 is 9.89. The molecule has 3 aromatic rings. The standard InChI is InChI=1S/C29H33N3O3S/c1-5-23-25(28(34)35-4)26(20-12-8-6-9-13-20)32-27(33)24(36-29(32)30-23)17-21-16-18(2)31(19(21)3)22-14-10-7-11-15-22/h6,8-9,12-13,16-17,22,26H,5,7,10-11,14-15H2,1-4H3/b24-17-/t26-/m0/s1. The number of methoxy groups -OCH3 is 1. The molecular formula is C29H33N3O3S. The second-order valence-electron chi connectivity index (χ2n) is 9.69. The predicted octanol–water partition coefficient (Wildman–Crippen LogP) is 4.72. The fourth-order valence-corrected chi connectivity index (χ4v) is 6.82. The first kappa shape index (κ1) is 24.5. The minimum Gasteiger partial charge on any atom is -0.466 e. The molecule has 2 aromatic heterocycles. The van der Waals surface area contributed by atoms with E-state index >= 15 is 0 Å². The van der Waals surface area contributed by atoms with Crippen molar-refractivity contribution in [1.29, 1.82) is 0 Å². The van der Waals surface area contributed by atoms with E-state index < -0.39 is 12.0 Å². The van der Waals surface area contributed by atoms with Gasteiger partial charge in [0, 0.05) is 17.4 Å². The Hall–Kier alpha value is -3.19. The number of hydrogen-bond donors (Lipinski definition) is 0. The second-order valence-corrected chi connectivity index (χ2v) is 10.7. The highest BCUT2D eigenvalue weighted by Gasteiger charge is 2.33. The van der Waals surface area contributed by atoms with E-state index in [1.54, 1.807) is 4.57 Å². The van der Waals surface area contributed by atoms with Crippen LogP contribution >= 0.6 is 11.3 Å². The Labute approximate surface area is 215 Å². The van der Waals surface area contributed by atoms with Crippen LogP contribution in [0.5, 0.6) is 0 Å². The Morgan fingerprint density at radius 2 is 1.86 bits per heavy atom. The molecule has 0 saturated heterocycles. The zero-order valence-electron chi connectivity index (χ0n) is 21.4. The van der Waals surface area contributed by atoms with Crippen LogP contribution in [-0.2, 0) is 9.53 Å². The van der Waals surface area contributed by atoms with Crippen molar-refractivity contribution in [2.24, 2.45) is 4.99 Å². The topological polar surface area (TPSA) is 65.6 Å². The molecule has 1 aliphatic heterocycles. The van der Waals surface area contributed by atoms with E-state index in [9.17, 15) is 9.59 Å². The van der Waals surface area contributed by atoms with E-state index in [2.05, 4.69) is 24.5 Å². The Morgan fingerprint density at radius 3 is 2.53 bits per heavy atom. The summed E-state index contributed by atoms with van der Waals surface area (Å²) in [5.41, 5.74) is 5.34. The molecule has 0 N–H and O–H groups in total. The molecule has 1 fully saturated rings. The molecule has 0 amide bonds. The molecule has 1 saturated carbocycles. The van der Waals surface area contributed by atoms with Crippen molar-refractivity contribution < 1.29 is 9.53 Å². The van der Waals surface area contributed by atoms with Crippen LogP contribution in [0.15, 0.2) is 57.5 Å². The van der Waals surface area contributed by atoms with E-state index in [1.165, 1.54) is 61.9 Å². The number of carbonyl (C=O) groups excluding carboxylic acids is 1. The maximum atomic E-state index is 13.9. The lowest BCUT2D eigenvalue weighted by atomic mass is 9.95. The van der Waals surface area contributed by atoms with Gasteiger partial charge in [-0.2, -0.15) is 0 Å². The molecule has 1 aliphatic carbocycles. The average Bonchev–Trinajstić information content (AvgIpc) is 3.37. The van der Waals surface area contributed by atoms with Crippen molar-refractivity contribution in [3.8, 4) is 0 Å². The van der Waals surface area contributed by atoms with Gasteiger partial charge in [0.1, 0.15) is 0 Å². The Morgan fingerprint density at radius 1 is 1.14 bits per heavy atom. The third-order valence-corrected chi connectivity index (χ3v) is 8.50. The molecule has 5 rings (SSSR count). The average molecular weight is 504 g/mol. The summed E-state index contributed by atoms with van der Waals surface area (Å²) in [7, 11) is 1.37. The van der Waals surface area contributed by atoms with E-state index in [1.807, 2.05) is 43.3 Å². The minimum absolute atomic E-state index is 0.133. The lowest BCUT2D eigenvalue weighted by Crippen LogP contribution is -2.40. The molecular weight excluding hydrogens is 470 g/mol. The number of thiazole rings is 1. The lowest BCUT2D eigenvalue weighted by Gasteiger charge is -2.26. The van der Waals surface area contributed by atoms with Gasteiger partial charge in [0.2, 0.25) is 0 Å². The monoisotopic (exact) mass is 503 g/mol. The van der Waals surface area contributed by atoms with Crippen molar-refractivity contribution in [2.45, 2.75) is 71.4 Å². The van der Waals surface area contributed by atoms with Crippen LogP contribution in [0, 0.1) is 13.8 Å². The van der Waals surface area contributed by atoms with Crippen LogP contribution in [0.1, 0.15) is 80.0 Å². The second kappa shape index (κ2) is 10.1. The molecule has 6 nitrogen and oxygen atoms in total. The van der Waals surface area contributed by atoms with Crippen LogP contribution in [0.2, 0.25) is 0 Å². The maximum Gasteiger partial charge on any atom is 0.338 e. The van der Waals surface area contributed by atoms with Crippen LogP contribution in [0.3, 0.4) is 0 Å². The van der Waals surface area contributed by atoms with Crippen molar-refractivity contribution >= 4 is 23.4 Å². The third-order valence-electron chi connectivity index (χ3n) is 7.52. The maximum absolute atomic E-state index is 13.9. The van der Waals surface area contributed by atoms with Gasteiger partial charge >= 0.3 is 5.97 Å². The van der Waals surface area contributed by atoms with Gasteiger partial charge in [-0.1, -0.05) is 67.9 Å². The van der Waals surface area contributed by atoms with Crippen LogP contribution in [-0.4, -0.2) is 22.2 Å². The molecule has 1 atom stereocenters. The molecule has 1 aromatic carbocycles. The number of esters is 1. The Kier molecular flexibility index (Phi) is 6.84. The van der Waals surface area contributed by atoms with Gasteiger partial charge < -0.3 is 9.30 Å². The van der Waals surface area contributed by atoms with Crippen molar-refractivity contribution in [1.82, 2.24) is 9.13 Å². The predicted molar refractivity (Wildman–Crippen MR) is 143 cm³/mol. The largest absolute Gasteiger partial charge is 0.466 e. The number of benzene rings is 1. The number of rotatable bonds is 5. The quantitative estimate of drug-likeness (QED) is 0.473. The number of allylic oxidation sites excluding steroid dienone is 1. The summed E-state index contributed by atoms with van der Waals surface area (Å²) in [6.07, 6.45) is 8.87. The number of aryl methyl sites for hydroxylation is 1. The van der Waals surface area contributed by atoms with Gasteiger partial charge in [-0.25, -0.2) is 9.79 Å². The number of ether oxygens (including phenoxy) is 1. The highest BCUT2D eigenvalue weighted by atomic mass is 32.1. The third kappa shape index (κ3) is 4.19. The highest BCUT2D eigenvalue weighted by molar-refractivity contribution is 7.07. The molecule has 2 aliphatic rings. The van der Waals surface area contributed by atoms with E-state index in [0.717, 1.165) is 11.1 Å². The van der Waals surface area contributed by atoms with E-state index in [0.29, 0.717) is 33.1 Å². The normalized spacial score (nSPS) is 18.8. The van der Waals surface area contributed by atoms with Gasteiger partial charge in [0.05, 0.1) is 29.0 Å².